The Morgan fingerprint density at radius 2 is 2.05 bits per heavy atom. The van der Waals surface area contributed by atoms with E-state index in [0.29, 0.717) is 17.3 Å². The maximum absolute atomic E-state index is 12.2. The molecule has 0 aliphatic heterocycles. The van der Waals surface area contributed by atoms with Gasteiger partial charge in [-0.2, -0.15) is 0 Å². The summed E-state index contributed by atoms with van der Waals surface area (Å²) in [6.07, 6.45) is 3.73. The number of anilines is 2. The molecule has 0 amide bonds. The van der Waals surface area contributed by atoms with Crippen molar-refractivity contribution in [2.24, 2.45) is 11.8 Å². The van der Waals surface area contributed by atoms with Gasteiger partial charge in [0.25, 0.3) is 0 Å². The lowest BCUT2D eigenvalue weighted by atomic mass is 10.1. The Labute approximate surface area is 127 Å². The van der Waals surface area contributed by atoms with E-state index >= 15 is 0 Å². The highest BCUT2D eigenvalue weighted by molar-refractivity contribution is 7.89. The van der Waals surface area contributed by atoms with Crippen LogP contribution >= 0.6 is 0 Å². The first-order valence-electron chi connectivity index (χ1n) is 7.37. The zero-order valence-electron chi connectivity index (χ0n) is 13.0. The predicted octanol–water partition coefficient (Wildman–Crippen LogP) is 2.37. The molecule has 6 heteroatoms. The van der Waals surface area contributed by atoms with Crippen molar-refractivity contribution in [3.8, 4) is 0 Å². The Morgan fingerprint density at radius 1 is 1.33 bits per heavy atom. The van der Waals surface area contributed by atoms with Crippen LogP contribution in [0.4, 0.5) is 11.4 Å². The number of nitrogens with two attached hydrogens (primary N) is 1. The molecule has 1 fully saturated rings. The fourth-order valence-electron chi connectivity index (χ4n) is 2.88. The Balaban J connectivity index is 2.15. The number of hydrogen-bond donors (Lipinski definition) is 2. The first kappa shape index (κ1) is 16.1. The monoisotopic (exact) mass is 311 g/mol. The van der Waals surface area contributed by atoms with Gasteiger partial charge < -0.3 is 11.1 Å². The lowest BCUT2D eigenvalue weighted by Gasteiger charge is -2.18. The van der Waals surface area contributed by atoms with Gasteiger partial charge in [-0.15, -0.1) is 0 Å². The average molecular weight is 311 g/mol. The Hall–Kier alpha value is -1.27. The van der Waals surface area contributed by atoms with Gasteiger partial charge in [-0.25, -0.2) is 12.7 Å². The second-order valence-electron chi connectivity index (χ2n) is 6.17. The summed E-state index contributed by atoms with van der Waals surface area (Å²) in [6.45, 7) is 3.12. The highest BCUT2D eigenvalue weighted by Crippen LogP contribution is 2.32. The fourth-order valence-corrected chi connectivity index (χ4v) is 3.92. The summed E-state index contributed by atoms with van der Waals surface area (Å²) in [5, 5.41) is 3.32. The summed E-state index contributed by atoms with van der Waals surface area (Å²) in [6, 6.07) is 5.11. The van der Waals surface area contributed by atoms with Gasteiger partial charge in [-0.05, 0) is 36.8 Å². The van der Waals surface area contributed by atoms with Crippen molar-refractivity contribution in [3.05, 3.63) is 18.2 Å². The molecule has 1 aliphatic carbocycles. The van der Waals surface area contributed by atoms with Gasteiger partial charge in [-0.1, -0.05) is 19.4 Å². The molecule has 0 spiro atoms. The van der Waals surface area contributed by atoms with Gasteiger partial charge in [0.15, 0.2) is 0 Å². The van der Waals surface area contributed by atoms with Crippen molar-refractivity contribution >= 4 is 21.4 Å². The van der Waals surface area contributed by atoms with Crippen LogP contribution in [-0.4, -0.2) is 33.4 Å². The van der Waals surface area contributed by atoms with Crippen molar-refractivity contribution in [3.63, 3.8) is 0 Å². The largest absolute Gasteiger partial charge is 0.396 e. The Bertz CT molecular complexity index is 599. The topological polar surface area (TPSA) is 75.4 Å². The molecule has 0 radical (unpaired) electrons. The molecule has 2 unspecified atom stereocenters. The number of nitrogens with zero attached hydrogens (tertiary/aromatic N) is 1. The third kappa shape index (κ3) is 3.49. The lowest BCUT2D eigenvalue weighted by molar-refractivity contribution is 0.521. The SMILES string of the molecule is CC1CCC(CNc2cccc(S(=O)(=O)N(C)C)c2N)C1. The average Bonchev–Trinajstić information content (AvgIpc) is 2.83. The van der Waals surface area contributed by atoms with Gasteiger partial charge in [0.05, 0.1) is 11.4 Å². The summed E-state index contributed by atoms with van der Waals surface area (Å²) in [5.74, 6) is 1.43. The standard InChI is InChI=1S/C15H25N3O2S/c1-11-7-8-12(9-11)10-17-13-5-4-6-14(15(13)16)21(19,20)18(2)3/h4-6,11-12,17H,7-10,16H2,1-3H3. The van der Waals surface area contributed by atoms with E-state index in [2.05, 4.69) is 12.2 Å². The highest BCUT2D eigenvalue weighted by atomic mass is 32.2. The summed E-state index contributed by atoms with van der Waals surface area (Å²) >= 11 is 0. The van der Waals surface area contributed by atoms with Gasteiger partial charge in [0.2, 0.25) is 10.0 Å². The molecule has 0 heterocycles. The highest BCUT2D eigenvalue weighted by Gasteiger charge is 2.23. The van der Waals surface area contributed by atoms with E-state index in [1.54, 1.807) is 12.1 Å². The summed E-state index contributed by atoms with van der Waals surface area (Å²) in [7, 11) is -0.490. The molecule has 0 aromatic heterocycles. The number of benzene rings is 1. The molecule has 118 valence electrons. The zero-order chi connectivity index (χ0) is 15.6. The molecule has 0 saturated heterocycles. The van der Waals surface area contributed by atoms with Crippen LogP contribution in [0.2, 0.25) is 0 Å². The van der Waals surface area contributed by atoms with Crippen molar-refractivity contribution in [2.45, 2.75) is 31.1 Å². The fraction of sp³-hybridized carbons (Fsp3) is 0.600. The van der Waals surface area contributed by atoms with Crippen LogP contribution in [0.1, 0.15) is 26.2 Å². The molecule has 5 nitrogen and oxygen atoms in total. The van der Waals surface area contributed by atoms with Gasteiger partial charge in [-0.3, -0.25) is 0 Å². The lowest BCUT2D eigenvalue weighted by Crippen LogP contribution is -2.23. The normalized spacial score (nSPS) is 22.7. The van der Waals surface area contributed by atoms with E-state index < -0.39 is 10.0 Å². The quantitative estimate of drug-likeness (QED) is 0.819. The van der Waals surface area contributed by atoms with Crippen molar-refractivity contribution in [1.29, 1.82) is 0 Å². The second kappa shape index (κ2) is 6.23. The van der Waals surface area contributed by atoms with E-state index in [1.165, 1.54) is 37.7 Å². The van der Waals surface area contributed by atoms with Crippen LogP contribution in [0.15, 0.2) is 23.1 Å². The molecule has 1 aliphatic rings. The molecule has 3 N–H and O–H groups in total. The van der Waals surface area contributed by atoms with Crippen LogP contribution in [-0.2, 0) is 10.0 Å². The number of rotatable bonds is 5. The number of sulfonamides is 1. The molecule has 1 aromatic carbocycles. The van der Waals surface area contributed by atoms with Crippen molar-refractivity contribution in [1.82, 2.24) is 4.31 Å². The minimum atomic E-state index is -3.51. The number of para-hydroxylation sites is 1. The molecule has 2 rings (SSSR count). The number of nitrogen functional groups attached to an aromatic ring is 1. The molecular formula is C15H25N3O2S. The molecular weight excluding hydrogens is 286 g/mol. The van der Waals surface area contributed by atoms with Gasteiger partial charge in [0, 0.05) is 20.6 Å². The zero-order valence-corrected chi connectivity index (χ0v) is 13.8. The summed E-state index contributed by atoms with van der Waals surface area (Å²) in [4.78, 5) is 0.164. The first-order chi connectivity index (χ1) is 9.82. The number of nitrogens with one attached hydrogen (secondary N) is 1. The van der Waals surface area contributed by atoms with Crippen LogP contribution in [0.3, 0.4) is 0 Å². The first-order valence-corrected chi connectivity index (χ1v) is 8.81. The summed E-state index contributed by atoms with van der Waals surface area (Å²) in [5.41, 5.74) is 7.06. The predicted molar refractivity (Wildman–Crippen MR) is 86.7 cm³/mol. The van der Waals surface area contributed by atoms with Gasteiger partial charge in [0.1, 0.15) is 4.90 Å². The smallest absolute Gasteiger partial charge is 0.244 e. The molecule has 21 heavy (non-hydrogen) atoms. The number of hydrogen-bond acceptors (Lipinski definition) is 4. The Morgan fingerprint density at radius 3 is 2.62 bits per heavy atom. The van der Waals surface area contributed by atoms with Crippen molar-refractivity contribution < 1.29 is 8.42 Å². The third-order valence-corrected chi connectivity index (χ3v) is 6.08. The molecule has 0 bridgehead atoms. The van der Waals surface area contributed by atoms with Crippen LogP contribution in [0.5, 0.6) is 0 Å². The maximum Gasteiger partial charge on any atom is 0.244 e. The van der Waals surface area contributed by atoms with Gasteiger partial charge >= 0.3 is 0 Å². The van der Waals surface area contributed by atoms with E-state index in [-0.39, 0.29) is 4.90 Å². The van der Waals surface area contributed by atoms with Crippen molar-refractivity contribution in [2.75, 3.05) is 31.7 Å². The third-order valence-electron chi connectivity index (χ3n) is 4.21. The minimum absolute atomic E-state index is 0.164. The van der Waals surface area contributed by atoms with E-state index in [9.17, 15) is 8.42 Å². The van der Waals surface area contributed by atoms with Crippen LogP contribution in [0, 0.1) is 11.8 Å². The minimum Gasteiger partial charge on any atom is -0.396 e. The van der Waals surface area contributed by atoms with Crippen LogP contribution < -0.4 is 11.1 Å². The van der Waals surface area contributed by atoms with E-state index in [4.69, 9.17) is 5.73 Å². The summed E-state index contributed by atoms with van der Waals surface area (Å²) < 4.78 is 25.6. The van der Waals surface area contributed by atoms with E-state index in [0.717, 1.165) is 12.5 Å². The molecule has 1 aromatic rings. The Kier molecular flexibility index (Phi) is 4.78. The maximum atomic E-state index is 12.2. The van der Waals surface area contributed by atoms with Crippen LogP contribution in [0.25, 0.3) is 0 Å². The van der Waals surface area contributed by atoms with E-state index in [1.807, 2.05) is 6.07 Å². The molecule has 2 atom stereocenters. The second-order valence-corrected chi connectivity index (χ2v) is 8.29. The molecule has 1 saturated carbocycles.